The highest BCUT2D eigenvalue weighted by atomic mass is 16.5. The molecular weight excluding hydrogens is 184 g/mol. The van der Waals surface area contributed by atoms with Gasteiger partial charge in [-0.3, -0.25) is 0 Å². The maximum atomic E-state index is 5.68. The molecule has 0 radical (unpaired) electrons. The summed E-state index contributed by atoms with van der Waals surface area (Å²) < 4.78 is 5.68. The third kappa shape index (κ3) is 8.92. The highest BCUT2D eigenvalue weighted by Gasteiger charge is 2.12. The fourth-order valence-electron chi connectivity index (χ4n) is 1.96. The average molecular weight is 214 g/mol. The lowest BCUT2D eigenvalue weighted by Gasteiger charge is -2.22. The Labute approximate surface area is 96.6 Å². The van der Waals surface area contributed by atoms with Gasteiger partial charge >= 0.3 is 0 Å². The van der Waals surface area contributed by atoms with Crippen molar-refractivity contribution in [3.05, 3.63) is 0 Å². The fourth-order valence-corrected chi connectivity index (χ4v) is 1.96. The summed E-state index contributed by atoms with van der Waals surface area (Å²) in [5.74, 6) is 0.868. The summed E-state index contributed by atoms with van der Waals surface area (Å²) >= 11 is 0. The number of rotatable bonds is 5. The van der Waals surface area contributed by atoms with Crippen molar-refractivity contribution in [1.29, 1.82) is 0 Å². The maximum Gasteiger partial charge on any atom is 0.0575 e. The summed E-state index contributed by atoms with van der Waals surface area (Å²) in [6.45, 7) is 9.61. The van der Waals surface area contributed by atoms with Gasteiger partial charge in [0.25, 0.3) is 0 Å². The lowest BCUT2D eigenvalue weighted by Crippen LogP contribution is -2.18. The smallest absolute Gasteiger partial charge is 0.0575 e. The van der Waals surface area contributed by atoms with Crippen LogP contribution < -0.4 is 0 Å². The number of unbranched alkanes of at least 4 members (excludes halogenated alkanes) is 1. The first kappa shape index (κ1) is 15.0. The molecule has 1 saturated heterocycles. The molecule has 0 bridgehead atoms. The molecule has 15 heavy (non-hydrogen) atoms. The Morgan fingerprint density at radius 2 is 1.87 bits per heavy atom. The number of ether oxygens (including phenoxy) is 1. The Bertz CT molecular complexity index is 115. The highest BCUT2D eigenvalue weighted by Crippen LogP contribution is 2.18. The van der Waals surface area contributed by atoms with Crippen LogP contribution in [0.4, 0.5) is 0 Å². The van der Waals surface area contributed by atoms with Crippen LogP contribution in [0.25, 0.3) is 0 Å². The lowest BCUT2D eigenvalue weighted by atomic mass is 10.0. The Morgan fingerprint density at radius 1 is 1.13 bits per heavy atom. The maximum absolute atomic E-state index is 5.68. The van der Waals surface area contributed by atoms with Crippen LogP contribution in [0.1, 0.15) is 72.6 Å². The molecule has 1 rings (SSSR count). The van der Waals surface area contributed by atoms with E-state index in [0.717, 1.165) is 12.5 Å². The molecule has 0 amide bonds. The van der Waals surface area contributed by atoms with E-state index in [1.165, 1.54) is 44.9 Å². The van der Waals surface area contributed by atoms with E-state index in [-0.39, 0.29) is 0 Å². The van der Waals surface area contributed by atoms with Crippen LogP contribution in [0.2, 0.25) is 0 Å². The van der Waals surface area contributed by atoms with Gasteiger partial charge in [-0.05, 0) is 31.6 Å². The van der Waals surface area contributed by atoms with Gasteiger partial charge in [-0.2, -0.15) is 0 Å². The second kappa shape index (κ2) is 10.5. The molecule has 1 aliphatic heterocycles. The van der Waals surface area contributed by atoms with Gasteiger partial charge in [0.1, 0.15) is 0 Å². The van der Waals surface area contributed by atoms with Crippen LogP contribution in [0, 0.1) is 5.92 Å². The molecule has 0 aliphatic carbocycles. The van der Waals surface area contributed by atoms with Crippen molar-refractivity contribution in [2.45, 2.75) is 78.7 Å². The molecule has 0 saturated carbocycles. The van der Waals surface area contributed by atoms with Crippen molar-refractivity contribution in [2.75, 3.05) is 6.61 Å². The minimum absolute atomic E-state index is 0.598. The van der Waals surface area contributed by atoms with E-state index in [4.69, 9.17) is 4.74 Å². The van der Waals surface area contributed by atoms with Crippen molar-refractivity contribution < 1.29 is 4.74 Å². The minimum atomic E-state index is 0.598. The minimum Gasteiger partial charge on any atom is -0.378 e. The molecule has 0 aromatic carbocycles. The molecule has 0 N–H and O–H groups in total. The molecule has 1 heterocycles. The summed E-state index contributed by atoms with van der Waals surface area (Å²) in [6.07, 6.45) is 10.00. The average Bonchev–Trinajstić information content (AvgIpc) is 2.28. The van der Waals surface area contributed by atoms with E-state index < -0.39 is 0 Å². The van der Waals surface area contributed by atoms with Crippen molar-refractivity contribution in [1.82, 2.24) is 0 Å². The summed E-state index contributed by atoms with van der Waals surface area (Å²) in [5, 5.41) is 0. The van der Waals surface area contributed by atoms with E-state index in [2.05, 4.69) is 13.8 Å². The van der Waals surface area contributed by atoms with Gasteiger partial charge in [-0.1, -0.05) is 47.0 Å². The fraction of sp³-hybridized carbons (Fsp3) is 1.00. The van der Waals surface area contributed by atoms with Crippen LogP contribution in [-0.4, -0.2) is 12.7 Å². The van der Waals surface area contributed by atoms with Crippen LogP contribution in [0.3, 0.4) is 0 Å². The van der Waals surface area contributed by atoms with Crippen LogP contribution in [-0.2, 0) is 4.74 Å². The number of hydrogen-bond acceptors (Lipinski definition) is 1. The van der Waals surface area contributed by atoms with Gasteiger partial charge < -0.3 is 4.74 Å². The second-order valence-corrected chi connectivity index (χ2v) is 4.67. The van der Waals surface area contributed by atoms with Crippen molar-refractivity contribution in [3.8, 4) is 0 Å². The molecule has 0 aromatic heterocycles. The molecule has 1 heteroatoms. The van der Waals surface area contributed by atoms with E-state index >= 15 is 0 Å². The van der Waals surface area contributed by atoms with Gasteiger partial charge in [-0.25, -0.2) is 0 Å². The number of hydrogen-bond donors (Lipinski definition) is 0. The Kier molecular flexibility index (Phi) is 10.4. The molecule has 1 unspecified atom stereocenters. The highest BCUT2D eigenvalue weighted by molar-refractivity contribution is 4.63. The van der Waals surface area contributed by atoms with E-state index in [0.29, 0.717) is 6.10 Å². The Hall–Kier alpha value is -0.0400. The van der Waals surface area contributed by atoms with E-state index in [1.807, 2.05) is 13.8 Å². The molecule has 1 aliphatic rings. The summed E-state index contributed by atoms with van der Waals surface area (Å²) in [4.78, 5) is 0. The zero-order valence-corrected chi connectivity index (χ0v) is 11.2. The third-order valence-corrected chi connectivity index (χ3v) is 2.83. The van der Waals surface area contributed by atoms with E-state index in [1.54, 1.807) is 0 Å². The quantitative estimate of drug-likeness (QED) is 0.597. The van der Waals surface area contributed by atoms with Gasteiger partial charge in [0.2, 0.25) is 0 Å². The molecular formula is C14H30O. The first-order valence-corrected chi connectivity index (χ1v) is 6.90. The Balaban J connectivity index is 0.000000921. The SMILES string of the molecule is CC.CC(C)CCCCC1CCCCO1. The van der Waals surface area contributed by atoms with Gasteiger partial charge in [0.15, 0.2) is 0 Å². The summed E-state index contributed by atoms with van der Waals surface area (Å²) in [6, 6.07) is 0. The van der Waals surface area contributed by atoms with Gasteiger partial charge in [-0.15, -0.1) is 0 Å². The molecule has 0 aromatic rings. The third-order valence-electron chi connectivity index (χ3n) is 2.83. The second-order valence-electron chi connectivity index (χ2n) is 4.67. The zero-order chi connectivity index (χ0) is 11.5. The van der Waals surface area contributed by atoms with Crippen molar-refractivity contribution in [3.63, 3.8) is 0 Å². The molecule has 0 spiro atoms. The predicted octanol–water partition coefficient (Wildman–Crippen LogP) is 4.80. The zero-order valence-electron chi connectivity index (χ0n) is 11.2. The molecule has 1 fully saturated rings. The normalized spacial score (nSPS) is 21.0. The molecule has 1 nitrogen and oxygen atoms in total. The first-order valence-electron chi connectivity index (χ1n) is 6.90. The van der Waals surface area contributed by atoms with Crippen LogP contribution in [0.5, 0.6) is 0 Å². The van der Waals surface area contributed by atoms with Gasteiger partial charge in [0, 0.05) is 6.61 Å². The summed E-state index contributed by atoms with van der Waals surface area (Å²) in [5.41, 5.74) is 0. The van der Waals surface area contributed by atoms with Crippen LogP contribution >= 0.6 is 0 Å². The Morgan fingerprint density at radius 3 is 2.40 bits per heavy atom. The summed E-state index contributed by atoms with van der Waals surface area (Å²) in [7, 11) is 0. The molecule has 1 atom stereocenters. The first-order chi connectivity index (χ1) is 7.29. The standard InChI is InChI=1S/C12H24O.C2H6/c1-11(2)7-3-4-8-12-9-5-6-10-13-12;1-2/h11-12H,3-10H2,1-2H3;1-2H3. The predicted molar refractivity (Wildman–Crippen MR) is 68.2 cm³/mol. The van der Waals surface area contributed by atoms with Gasteiger partial charge in [0.05, 0.1) is 6.10 Å². The topological polar surface area (TPSA) is 9.23 Å². The molecule has 92 valence electrons. The monoisotopic (exact) mass is 214 g/mol. The lowest BCUT2D eigenvalue weighted by molar-refractivity contribution is 0.00967. The van der Waals surface area contributed by atoms with Crippen molar-refractivity contribution in [2.24, 2.45) is 5.92 Å². The van der Waals surface area contributed by atoms with Crippen molar-refractivity contribution >= 4 is 0 Å². The van der Waals surface area contributed by atoms with E-state index in [9.17, 15) is 0 Å². The largest absolute Gasteiger partial charge is 0.378 e. The van der Waals surface area contributed by atoms with Crippen LogP contribution in [0.15, 0.2) is 0 Å².